The predicted octanol–water partition coefficient (Wildman–Crippen LogP) is 6.99. The fraction of sp³-hybridized carbons (Fsp3) is 0.514. The molecule has 0 spiro atoms. The van der Waals surface area contributed by atoms with Crippen molar-refractivity contribution in [2.24, 2.45) is 5.73 Å². The van der Waals surface area contributed by atoms with Gasteiger partial charge in [0, 0.05) is 23.7 Å². The Morgan fingerprint density at radius 3 is 2.23 bits per heavy atom. The zero-order valence-electron chi connectivity index (χ0n) is 29.1. The molecule has 2 bridgehead atoms. The third-order valence-electron chi connectivity index (χ3n) is 10.1. The predicted molar refractivity (Wildman–Crippen MR) is 183 cm³/mol. The summed E-state index contributed by atoms with van der Waals surface area (Å²) in [5.41, 5.74) is 5.20. The number of piperidine rings is 1. The lowest BCUT2D eigenvalue weighted by Crippen LogP contribution is -2.62. The first kappa shape index (κ1) is 38.7. The largest absolute Gasteiger partial charge is 0.494 e. The van der Waals surface area contributed by atoms with Crippen LogP contribution in [0.15, 0.2) is 65.6 Å². The number of carbonyl (C=O) groups excluding carboxylic acids is 2. The van der Waals surface area contributed by atoms with Gasteiger partial charge in [0.1, 0.15) is 11.5 Å². The number of ether oxygens (including phenoxy) is 2. The number of alkyl halides is 5. The summed E-state index contributed by atoms with van der Waals surface area (Å²) in [5.74, 6) is -8.73. The smallest absolute Gasteiger partial charge is 0.492 e. The van der Waals surface area contributed by atoms with Crippen LogP contribution in [0, 0.1) is 0 Å². The minimum absolute atomic E-state index is 0.0228. The van der Waals surface area contributed by atoms with E-state index in [0.717, 1.165) is 61.3 Å². The number of halogens is 5. The monoisotopic (exact) mass is 767 g/mol. The molecule has 10 nitrogen and oxygen atoms in total. The molecule has 2 unspecified atom stereocenters. The lowest BCUT2D eigenvalue weighted by Gasteiger charge is -2.42. The van der Waals surface area contributed by atoms with Crippen molar-refractivity contribution in [1.29, 1.82) is 0 Å². The van der Waals surface area contributed by atoms with Gasteiger partial charge in [-0.2, -0.15) is 22.0 Å². The second-order valence-corrected chi connectivity index (χ2v) is 15.7. The molecule has 3 aliphatic rings. The molecule has 2 saturated heterocycles. The maximum Gasteiger partial charge on any atom is 0.492 e. The molecule has 3 aromatic rings. The topological polar surface area (TPSA) is 128 Å². The minimum Gasteiger partial charge on any atom is -0.494 e. The molecule has 16 heteroatoms. The van der Waals surface area contributed by atoms with Gasteiger partial charge in [-0.15, -0.1) is 0 Å². The number of hydrogen-bond acceptors (Lipinski definition) is 8. The normalized spacial score (nSPS) is 21.6. The Morgan fingerprint density at radius 1 is 0.906 bits per heavy atom. The summed E-state index contributed by atoms with van der Waals surface area (Å²) in [6.45, 7) is 2.05. The van der Waals surface area contributed by atoms with E-state index in [9.17, 15) is 31.2 Å². The van der Waals surface area contributed by atoms with E-state index in [2.05, 4.69) is 4.84 Å². The fourth-order valence-electron chi connectivity index (χ4n) is 7.50. The molecule has 1 amide bonds. The van der Waals surface area contributed by atoms with Crippen LogP contribution in [0.2, 0.25) is 0 Å². The average molecular weight is 768 g/mol. The fourth-order valence-corrected chi connectivity index (χ4v) is 8.89. The molecule has 3 atom stereocenters. The van der Waals surface area contributed by atoms with Gasteiger partial charge in [0.05, 0.1) is 17.6 Å². The molecule has 2 heterocycles. The van der Waals surface area contributed by atoms with Crippen LogP contribution >= 0.6 is 0 Å². The van der Waals surface area contributed by atoms with Crippen molar-refractivity contribution in [3.8, 4) is 11.5 Å². The molecule has 2 aliphatic heterocycles. The van der Waals surface area contributed by atoms with E-state index >= 15 is 8.78 Å². The molecular weight excluding hydrogens is 725 g/mol. The molecule has 3 aromatic carbocycles. The second kappa shape index (κ2) is 15.4. The molecule has 1 aliphatic carbocycles. The third kappa shape index (κ3) is 8.24. The van der Waals surface area contributed by atoms with Crippen LogP contribution in [0.4, 0.5) is 22.0 Å². The van der Waals surface area contributed by atoms with Crippen molar-refractivity contribution >= 4 is 32.7 Å². The maximum atomic E-state index is 17.1. The summed E-state index contributed by atoms with van der Waals surface area (Å²) in [4.78, 5) is 31.6. The van der Waals surface area contributed by atoms with Crippen LogP contribution in [0.1, 0.15) is 76.7 Å². The minimum atomic E-state index is -5.82. The van der Waals surface area contributed by atoms with Crippen LogP contribution in [0.3, 0.4) is 0 Å². The van der Waals surface area contributed by atoms with E-state index in [1.807, 2.05) is 6.92 Å². The van der Waals surface area contributed by atoms with Crippen molar-refractivity contribution in [1.82, 2.24) is 9.37 Å². The van der Waals surface area contributed by atoms with Crippen LogP contribution in [0.25, 0.3) is 10.8 Å². The number of hydroxylamine groups is 1. The van der Waals surface area contributed by atoms with E-state index in [1.54, 1.807) is 12.1 Å². The van der Waals surface area contributed by atoms with Gasteiger partial charge in [-0.25, -0.2) is 13.2 Å². The number of carbonyl (C=O) groups is 2. The Balaban J connectivity index is 1.46. The molecule has 1 saturated carbocycles. The highest BCUT2D eigenvalue weighted by Gasteiger charge is 2.60. The molecule has 2 N–H and O–H groups in total. The number of rotatable bonds is 13. The van der Waals surface area contributed by atoms with E-state index < -0.39 is 67.1 Å². The van der Waals surface area contributed by atoms with Crippen LogP contribution < -0.4 is 15.2 Å². The van der Waals surface area contributed by atoms with Crippen LogP contribution in [-0.2, 0) is 30.4 Å². The number of amides is 1. The standard InChI is InChI=1S/C37H42F5N3O7S/c1-2-3-17-50-30-10-6-7-25(20-30)36(38,39)33(34(46)44-27-13-14-28(44)22-26(43)21-27)45(52-35(47)37(40,41)42)53(48,49)32-16-12-23-18-31(15-11-24(23)19-32)51-29-8-4-5-9-29/h6-7,10-12,15-16,18-20,26-29,33H,2-5,8-9,13-14,17,21-22,43H2,1H3/t26?,27?,28?,33-/m0/s1. The quantitative estimate of drug-likeness (QED) is 0.112. The summed E-state index contributed by atoms with van der Waals surface area (Å²) in [7, 11) is -5.63. The second-order valence-electron chi connectivity index (χ2n) is 13.9. The zero-order valence-corrected chi connectivity index (χ0v) is 29.9. The van der Waals surface area contributed by atoms with Crippen LogP contribution in [-0.4, -0.2) is 72.7 Å². The number of sulfonamides is 1. The van der Waals surface area contributed by atoms with Gasteiger partial charge in [0.15, 0.2) is 0 Å². The first-order valence-electron chi connectivity index (χ1n) is 17.8. The highest BCUT2D eigenvalue weighted by molar-refractivity contribution is 7.89. The van der Waals surface area contributed by atoms with Gasteiger partial charge in [-0.05, 0) is 109 Å². The summed E-state index contributed by atoms with van der Waals surface area (Å²) < 4.78 is 115. The first-order valence-corrected chi connectivity index (χ1v) is 19.3. The van der Waals surface area contributed by atoms with Crippen LogP contribution in [0.5, 0.6) is 11.5 Å². The number of fused-ring (bicyclic) bond motifs is 3. The molecule has 288 valence electrons. The average Bonchev–Trinajstić information content (AvgIpc) is 3.72. The van der Waals surface area contributed by atoms with Gasteiger partial charge in [-0.1, -0.05) is 37.6 Å². The lowest BCUT2D eigenvalue weighted by atomic mass is 9.94. The van der Waals surface area contributed by atoms with Crippen molar-refractivity contribution in [2.45, 2.75) is 118 Å². The highest BCUT2D eigenvalue weighted by atomic mass is 32.2. The zero-order chi connectivity index (χ0) is 38.1. The summed E-state index contributed by atoms with van der Waals surface area (Å²) in [5, 5.41) is 0.749. The summed E-state index contributed by atoms with van der Waals surface area (Å²) >= 11 is 0. The van der Waals surface area contributed by atoms with Gasteiger partial charge in [0.25, 0.3) is 15.9 Å². The highest BCUT2D eigenvalue weighted by Crippen LogP contribution is 2.44. The number of nitrogens with zero attached hydrogens (tertiary/aromatic N) is 2. The Morgan fingerprint density at radius 2 is 1.57 bits per heavy atom. The van der Waals surface area contributed by atoms with Crippen molar-refractivity contribution in [2.75, 3.05) is 6.61 Å². The molecule has 6 rings (SSSR count). The van der Waals surface area contributed by atoms with Crippen molar-refractivity contribution in [3.63, 3.8) is 0 Å². The van der Waals surface area contributed by atoms with Gasteiger partial charge < -0.3 is 24.9 Å². The molecule has 0 radical (unpaired) electrons. The number of hydrogen-bond donors (Lipinski definition) is 1. The molecular formula is C37H42F5N3O7S. The molecule has 53 heavy (non-hydrogen) atoms. The number of benzene rings is 3. The Kier molecular flexibility index (Phi) is 11.2. The Bertz CT molecular complexity index is 1910. The van der Waals surface area contributed by atoms with E-state index in [4.69, 9.17) is 15.2 Å². The van der Waals surface area contributed by atoms with Gasteiger partial charge >= 0.3 is 18.1 Å². The number of nitrogens with two attached hydrogens (primary N) is 1. The Labute approximate surface area is 304 Å². The van der Waals surface area contributed by atoms with Crippen molar-refractivity contribution in [3.05, 3.63) is 66.2 Å². The Hall–Kier alpha value is -4.02. The van der Waals surface area contributed by atoms with E-state index in [1.165, 1.54) is 24.3 Å². The number of unbranched alkanes of at least 4 members (excludes halogenated alkanes) is 1. The molecule has 3 fully saturated rings. The van der Waals surface area contributed by atoms with Crippen molar-refractivity contribution < 1.29 is 54.3 Å². The SMILES string of the molecule is CCCCOc1cccc(C(F)(F)[C@H](C(=O)N2C3CCC2CC(N)C3)N(OC(=O)C(F)(F)F)S(=O)(=O)c2ccc3cc(OC4CCCC4)ccc3c2)c1. The van der Waals surface area contributed by atoms with Gasteiger partial charge in [0.2, 0.25) is 6.04 Å². The van der Waals surface area contributed by atoms with E-state index in [-0.39, 0.29) is 42.7 Å². The summed E-state index contributed by atoms with van der Waals surface area (Å²) in [6, 6.07) is 7.39. The lowest BCUT2D eigenvalue weighted by molar-refractivity contribution is -0.240. The third-order valence-corrected chi connectivity index (χ3v) is 11.7. The molecule has 0 aromatic heterocycles. The summed E-state index contributed by atoms with van der Waals surface area (Å²) in [6.07, 6.45) is 0.463. The van der Waals surface area contributed by atoms with Gasteiger partial charge in [-0.3, -0.25) is 4.79 Å². The van der Waals surface area contributed by atoms with E-state index in [0.29, 0.717) is 30.4 Å². The first-order chi connectivity index (χ1) is 25.1. The maximum absolute atomic E-state index is 17.1.